The number of hydrogen-bond acceptors (Lipinski definition) is 2. The van der Waals surface area contributed by atoms with Crippen LogP contribution in [0, 0.1) is 13.8 Å². The third-order valence-electron chi connectivity index (χ3n) is 3.11. The number of carbonyl (C=O) groups is 1. The first-order chi connectivity index (χ1) is 9.70. The smallest absolute Gasteiger partial charge is 0.284 e. The Balaban J connectivity index is 2.35. The Kier molecular flexibility index (Phi) is 4.22. The molecule has 1 heterocycles. The molecule has 0 spiro atoms. The molecule has 0 fully saturated rings. The number of hydrogen-bond donors (Lipinski definition) is 0. The lowest BCUT2D eigenvalue weighted by molar-refractivity contribution is -0.0886. The van der Waals surface area contributed by atoms with Gasteiger partial charge < -0.3 is 0 Å². The number of alkyl halides is 3. The second-order valence-corrected chi connectivity index (χ2v) is 5.57. The molecule has 0 N–H and O–H groups in total. The zero-order valence-corrected chi connectivity index (χ0v) is 12.9. The van der Waals surface area contributed by atoms with Gasteiger partial charge in [-0.1, -0.05) is 28.1 Å². The van der Waals surface area contributed by atoms with E-state index in [9.17, 15) is 18.0 Å². The van der Waals surface area contributed by atoms with Crippen LogP contribution in [0.4, 0.5) is 13.2 Å². The largest absolute Gasteiger partial charge is 0.455 e. The molecule has 2 rings (SSSR count). The molecule has 0 aliphatic rings. The van der Waals surface area contributed by atoms with Crippen LogP contribution in [0.3, 0.4) is 0 Å². The van der Waals surface area contributed by atoms with E-state index in [2.05, 4.69) is 21.0 Å². The van der Waals surface area contributed by atoms with Crippen molar-refractivity contribution in [3.05, 3.63) is 51.3 Å². The van der Waals surface area contributed by atoms with Crippen LogP contribution in [0.1, 0.15) is 27.3 Å². The zero-order chi connectivity index (χ0) is 15.8. The Labute approximate surface area is 127 Å². The minimum Gasteiger partial charge on any atom is -0.284 e. The average Bonchev–Trinajstić information content (AvgIpc) is 2.65. The van der Waals surface area contributed by atoms with Gasteiger partial charge in [0, 0.05) is 10.2 Å². The summed E-state index contributed by atoms with van der Waals surface area (Å²) in [5, 5.41) is 4.05. The van der Waals surface area contributed by atoms with Crippen molar-refractivity contribution in [2.24, 2.45) is 0 Å². The molecule has 0 unspecified atom stereocenters. The van der Waals surface area contributed by atoms with Crippen LogP contribution in [0.25, 0.3) is 0 Å². The summed E-state index contributed by atoms with van der Waals surface area (Å²) in [7, 11) is 0. The molecule has 0 amide bonds. The standard InChI is InChI=1S/C14H12BrF3N2O/c1-8-12(13(21)14(16,17)18)9(2)20(19-8)7-10-3-5-11(15)6-4-10/h3-6H,7H2,1-2H3. The highest BCUT2D eigenvalue weighted by Gasteiger charge is 2.42. The molecule has 7 heteroatoms. The van der Waals surface area contributed by atoms with Crippen molar-refractivity contribution in [1.82, 2.24) is 9.78 Å². The molecule has 0 saturated heterocycles. The maximum Gasteiger partial charge on any atom is 0.455 e. The molecule has 0 radical (unpaired) electrons. The quantitative estimate of drug-likeness (QED) is 0.773. The molecule has 21 heavy (non-hydrogen) atoms. The van der Waals surface area contributed by atoms with Gasteiger partial charge in [0.2, 0.25) is 0 Å². The number of halogens is 4. The molecule has 0 atom stereocenters. The summed E-state index contributed by atoms with van der Waals surface area (Å²) in [6.45, 7) is 3.19. The first-order valence-electron chi connectivity index (χ1n) is 6.10. The van der Waals surface area contributed by atoms with Crippen LogP contribution in [0.15, 0.2) is 28.7 Å². The predicted octanol–water partition coefficient (Wildman–Crippen LogP) is 4.06. The summed E-state index contributed by atoms with van der Waals surface area (Å²) in [5.41, 5.74) is 0.832. The lowest BCUT2D eigenvalue weighted by Gasteiger charge is -2.07. The SMILES string of the molecule is Cc1nn(Cc2ccc(Br)cc2)c(C)c1C(=O)C(F)(F)F. The fraction of sp³-hybridized carbons (Fsp3) is 0.286. The molecule has 1 aromatic carbocycles. The number of benzene rings is 1. The molecule has 1 aromatic heterocycles. The number of rotatable bonds is 3. The van der Waals surface area contributed by atoms with E-state index in [4.69, 9.17) is 0 Å². The van der Waals surface area contributed by atoms with Gasteiger partial charge in [-0.05, 0) is 31.5 Å². The maximum atomic E-state index is 12.6. The molecular formula is C14H12BrF3N2O. The van der Waals surface area contributed by atoms with Crippen molar-refractivity contribution in [2.75, 3.05) is 0 Å². The van der Waals surface area contributed by atoms with Gasteiger partial charge in [-0.2, -0.15) is 18.3 Å². The third-order valence-corrected chi connectivity index (χ3v) is 3.64. The molecule has 0 aliphatic carbocycles. The van der Waals surface area contributed by atoms with E-state index in [0.29, 0.717) is 6.54 Å². The fourth-order valence-electron chi connectivity index (χ4n) is 2.08. The van der Waals surface area contributed by atoms with E-state index in [0.717, 1.165) is 10.0 Å². The maximum absolute atomic E-state index is 12.6. The Hall–Kier alpha value is -1.63. The molecule has 3 nitrogen and oxygen atoms in total. The Bertz CT molecular complexity index is 675. The van der Waals surface area contributed by atoms with Gasteiger partial charge in [-0.25, -0.2) is 0 Å². The van der Waals surface area contributed by atoms with Gasteiger partial charge in [0.25, 0.3) is 5.78 Å². The minimum absolute atomic E-state index is 0.0898. The van der Waals surface area contributed by atoms with Gasteiger partial charge in [-0.3, -0.25) is 9.48 Å². The summed E-state index contributed by atoms with van der Waals surface area (Å²) >= 11 is 3.31. The van der Waals surface area contributed by atoms with Gasteiger partial charge in [0.15, 0.2) is 0 Å². The second-order valence-electron chi connectivity index (χ2n) is 4.66. The van der Waals surface area contributed by atoms with Gasteiger partial charge in [0.05, 0.1) is 17.8 Å². The highest BCUT2D eigenvalue weighted by atomic mass is 79.9. The highest BCUT2D eigenvalue weighted by Crippen LogP contribution is 2.26. The van der Waals surface area contributed by atoms with Crippen molar-refractivity contribution >= 4 is 21.7 Å². The highest BCUT2D eigenvalue weighted by molar-refractivity contribution is 9.10. The summed E-state index contributed by atoms with van der Waals surface area (Å²) in [6.07, 6.45) is -4.89. The van der Waals surface area contributed by atoms with Crippen LogP contribution >= 0.6 is 15.9 Å². The normalized spacial score (nSPS) is 11.7. The van der Waals surface area contributed by atoms with E-state index in [1.165, 1.54) is 18.5 Å². The van der Waals surface area contributed by atoms with E-state index in [1.807, 2.05) is 24.3 Å². The fourth-order valence-corrected chi connectivity index (χ4v) is 2.35. The molecule has 2 aromatic rings. The zero-order valence-electron chi connectivity index (χ0n) is 11.3. The second kappa shape index (κ2) is 5.63. The lowest BCUT2D eigenvalue weighted by Crippen LogP contribution is -2.24. The van der Waals surface area contributed by atoms with Crippen molar-refractivity contribution in [2.45, 2.75) is 26.6 Å². The van der Waals surface area contributed by atoms with E-state index in [1.54, 1.807) is 0 Å². The molecule has 112 valence electrons. The molecular weight excluding hydrogens is 349 g/mol. The molecule has 0 saturated carbocycles. The Morgan fingerprint density at radius 3 is 2.33 bits per heavy atom. The summed E-state index contributed by atoms with van der Waals surface area (Å²) < 4.78 is 40.1. The van der Waals surface area contributed by atoms with Crippen LogP contribution in [-0.4, -0.2) is 21.7 Å². The summed E-state index contributed by atoms with van der Waals surface area (Å²) in [5.74, 6) is -1.85. The number of ketones is 1. The monoisotopic (exact) mass is 360 g/mol. The van der Waals surface area contributed by atoms with E-state index >= 15 is 0 Å². The predicted molar refractivity (Wildman–Crippen MR) is 75.3 cm³/mol. The topological polar surface area (TPSA) is 34.9 Å². The first-order valence-corrected chi connectivity index (χ1v) is 6.89. The van der Waals surface area contributed by atoms with Gasteiger partial charge in [-0.15, -0.1) is 0 Å². The van der Waals surface area contributed by atoms with Crippen LogP contribution < -0.4 is 0 Å². The number of aromatic nitrogens is 2. The van der Waals surface area contributed by atoms with Crippen molar-refractivity contribution < 1.29 is 18.0 Å². The first kappa shape index (κ1) is 15.8. The van der Waals surface area contributed by atoms with E-state index < -0.39 is 12.0 Å². The minimum atomic E-state index is -4.89. The average molecular weight is 361 g/mol. The number of carbonyl (C=O) groups excluding carboxylic acids is 1. The summed E-state index contributed by atoms with van der Waals surface area (Å²) in [4.78, 5) is 11.4. The third kappa shape index (κ3) is 3.34. The van der Waals surface area contributed by atoms with Gasteiger partial charge in [0.1, 0.15) is 0 Å². The van der Waals surface area contributed by atoms with Crippen LogP contribution in [0.5, 0.6) is 0 Å². The van der Waals surface area contributed by atoms with E-state index in [-0.39, 0.29) is 17.0 Å². The Morgan fingerprint density at radius 1 is 1.24 bits per heavy atom. The number of Topliss-reactive ketones (excluding diaryl/α,β-unsaturated/α-hetero) is 1. The molecule has 0 bridgehead atoms. The molecule has 0 aliphatic heterocycles. The Morgan fingerprint density at radius 2 is 1.81 bits per heavy atom. The number of nitrogens with zero attached hydrogens (tertiary/aromatic N) is 2. The van der Waals surface area contributed by atoms with Crippen molar-refractivity contribution in [3.8, 4) is 0 Å². The van der Waals surface area contributed by atoms with Crippen LogP contribution in [-0.2, 0) is 6.54 Å². The van der Waals surface area contributed by atoms with Crippen molar-refractivity contribution in [3.63, 3.8) is 0 Å². The van der Waals surface area contributed by atoms with Crippen molar-refractivity contribution in [1.29, 1.82) is 0 Å². The summed E-state index contributed by atoms with van der Waals surface area (Å²) in [6, 6.07) is 7.35. The lowest BCUT2D eigenvalue weighted by atomic mass is 10.1. The van der Waals surface area contributed by atoms with Gasteiger partial charge >= 0.3 is 6.18 Å². The van der Waals surface area contributed by atoms with Crippen LogP contribution in [0.2, 0.25) is 0 Å². The number of aryl methyl sites for hydroxylation is 1.